The smallest absolute Gasteiger partial charge is 0.295 e. The van der Waals surface area contributed by atoms with E-state index in [1.54, 1.807) is 12.1 Å². The molecule has 10 nitrogen and oxygen atoms in total. The summed E-state index contributed by atoms with van der Waals surface area (Å²) >= 11 is 0. The van der Waals surface area contributed by atoms with Crippen LogP contribution >= 0.6 is 0 Å². The molecule has 2 saturated heterocycles. The molecule has 1 N–H and O–H groups in total. The van der Waals surface area contributed by atoms with Crippen LogP contribution < -0.4 is 0 Å². The number of furan rings is 1. The van der Waals surface area contributed by atoms with E-state index in [1.807, 2.05) is 0 Å². The molecule has 1 aromatic carbocycles. The average molecular weight is 490 g/mol. The van der Waals surface area contributed by atoms with Gasteiger partial charge in [-0.3, -0.25) is 14.5 Å². The molecule has 1 unspecified atom stereocenters. The van der Waals surface area contributed by atoms with Crippen molar-refractivity contribution in [2.24, 2.45) is 0 Å². The second-order valence-corrected chi connectivity index (χ2v) is 10.4. The number of carbonyl (C=O) groups excluding carboxylic acids is 2. The SMILES string of the molecule is CN(C)S(=O)(=O)c1ccc(C(O)=C2C(=O)C(=O)N(CCN3CCOCC3)C2c2ccco2)cc1. The number of amides is 1. The molecule has 3 heterocycles. The lowest BCUT2D eigenvalue weighted by molar-refractivity contribution is -0.140. The molecule has 2 aromatic rings. The van der Waals surface area contributed by atoms with Gasteiger partial charge in [-0.25, -0.2) is 12.7 Å². The molecule has 0 saturated carbocycles. The van der Waals surface area contributed by atoms with E-state index < -0.39 is 27.8 Å². The van der Waals surface area contributed by atoms with E-state index in [2.05, 4.69) is 4.90 Å². The predicted octanol–water partition coefficient (Wildman–Crippen LogP) is 1.28. The number of hydrogen-bond donors (Lipinski definition) is 1. The maximum atomic E-state index is 13.0. The quantitative estimate of drug-likeness (QED) is 0.351. The molecule has 11 heteroatoms. The Labute approximate surface area is 198 Å². The Morgan fingerprint density at radius 1 is 1.09 bits per heavy atom. The number of ether oxygens (including phenoxy) is 1. The highest BCUT2D eigenvalue weighted by atomic mass is 32.2. The minimum atomic E-state index is -3.65. The predicted molar refractivity (Wildman–Crippen MR) is 122 cm³/mol. The fourth-order valence-corrected chi connectivity index (χ4v) is 4.98. The largest absolute Gasteiger partial charge is 0.507 e. The van der Waals surface area contributed by atoms with E-state index in [0.29, 0.717) is 25.5 Å². The minimum absolute atomic E-state index is 0.0441. The zero-order valence-corrected chi connectivity index (χ0v) is 19.8. The summed E-state index contributed by atoms with van der Waals surface area (Å²) in [5, 5.41) is 11.1. The highest BCUT2D eigenvalue weighted by molar-refractivity contribution is 7.89. The number of aliphatic hydroxyl groups is 1. The second kappa shape index (κ2) is 9.71. The molecule has 182 valence electrons. The van der Waals surface area contributed by atoms with Gasteiger partial charge in [-0.1, -0.05) is 0 Å². The fraction of sp³-hybridized carbons (Fsp3) is 0.391. The highest BCUT2D eigenvalue weighted by Crippen LogP contribution is 2.39. The Morgan fingerprint density at radius 3 is 2.35 bits per heavy atom. The molecular formula is C23H27N3O7S. The minimum Gasteiger partial charge on any atom is -0.507 e. The zero-order valence-electron chi connectivity index (χ0n) is 19.0. The van der Waals surface area contributed by atoms with Crippen LogP contribution in [0.5, 0.6) is 0 Å². The van der Waals surface area contributed by atoms with Crippen molar-refractivity contribution in [3.05, 3.63) is 59.6 Å². The van der Waals surface area contributed by atoms with Crippen molar-refractivity contribution in [3.63, 3.8) is 0 Å². The number of morpholine rings is 1. The first-order valence-electron chi connectivity index (χ1n) is 10.9. The van der Waals surface area contributed by atoms with E-state index in [-0.39, 0.29) is 28.3 Å². The van der Waals surface area contributed by atoms with Crippen molar-refractivity contribution in [2.45, 2.75) is 10.9 Å². The lowest BCUT2D eigenvalue weighted by atomic mass is 9.99. The van der Waals surface area contributed by atoms with Gasteiger partial charge in [-0.15, -0.1) is 0 Å². The molecule has 34 heavy (non-hydrogen) atoms. The molecule has 1 aromatic heterocycles. The lowest BCUT2D eigenvalue weighted by Gasteiger charge is -2.30. The first kappa shape index (κ1) is 24.1. The summed E-state index contributed by atoms with van der Waals surface area (Å²) in [6, 6.07) is 7.93. The van der Waals surface area contributed by atoms with E-state index in [1.165, 1.54) is 49.5 Å². The van der Waals surface area contributed by atoms with Crippen LogP contribution in [-0.4, -0.2) is 92.8 Å². The molecule has 2 aliphatic heterocycles. The first-order chi connectivity index (χ1) is 16.2. The van der Waals surface area contributed by atoms with Crippen molar-refractivity contribution in [1.82, 2.24) is 14.1 Å². The Bertz CT molecular complexity index is 1180. The molecule has 0 spiro atoms. The number of Topliss-reactive ketones (excluding diaryl/α,β-unsaturated/α-hetero) is 1. The standard InChI is InChI=1S/C23H27N3O7S/c1-24(2)34(30,31)17-7-5-16(6-8-17)21(27)19-20(18-4-3-13-33-18)26(23(29)22(19)28)10-9-25-11-14-32-15-12-25/h3-8,13,20,27H,9-12,14-15H2,1-2H3. The van der Waals surface area contributed by atoms with Crippen LogP contribution in [0, 0.1) is 0 Å². The number of likely N-dealkylation sites (tertiary alicyclic amines) is 1. The second-order valence-electron chi connectivity index (χ2n) is 8.27. The van der Waals surface area contributed by atoms with Crippen LogP contribution in [0.2, 0.25) is 0 Å². The fourth-order valence-electron chi connectivity index (χ4n) is 4.08. The molecule has 0 aliphatic carbocycles. The van der Waals surface area contributed by atoms with Gasteiger partial charge in [-0.2, -0.15) is 0 Å². The van der Waals surface area contributed by atoms with Crippen molar-refractivity contribution >= 4 is 27.5 Å². The summed E-state index contributed by atoms with van der Waals surface area (Å²) in [4.78, 5) is 29.6. The Kier molecular flexibility index (Phi) is 6.89. The van der Waals surface area contributed by atoms with Gasteiger partial charge in [-0.05, 0) is 36.4 Å². The number of nitrogens with zero attached hydrogens (tertiary/aromatic N) is 3. The Hall–Kier alpha value is -2.99. The molecule has 0 bridgehead atoms. The molecule has 1 amide bonds. The van der Waals surface area contributed by atoms with E-state index in [0.717, 1.165) is 17.4 Å². The van der Waals surface area contributed by atoms with Crippen molar-refractivity contribution in [3.8, 4) is 0 Å². The number of carbonyl (C=O) groups is 2. The maximum Gasteiger partial charge on any atom is 0.295 e. The molecule has 1 atom stereocenters. The van der Waals surface area contributed by atoms with Gasteiger partial charge in [0.25, 0.3) is 11.7 Å². The lowest BCUT2D eigenvalue weighted by Crippen LogP contribution is -2.42. The van der Waals surface area contributed by atoms with Gasteiger partial charge in [0.15, 0.2) is 0 Å². The van der Waals surface area contributed by atoms with E-state index in [4.69, 9.17) is 9.15 Å². The van der Waals surface area contributed by atoms with Crippen LogP contribution in [0.1, 0.15) is 17.4 Å². The number of rotatable bonds is 7. The third-order valence-electron chi connectivity index (χ3n) is 6.02. The number of sulfonamides is 1. The normalized spacial score (nSPS) is 21.5. The number of hydrogen-bond acceptors (Lipinski definition) is 8. The Balaban J connectivity index is 1.68. The molecule has 2 fully saturated rings. The van der Waals surface area contributed by atoms with Gasteiger partial charge in [0, 0.05) is 45.8 Å². The number of benzene rings is 1. The van der Waals surface area contributed by atoms with Gasteiger partial charge in [0.1, 0.15) is 17.6 Å². The number of aliphatic hydroxyl groups excluding tert-OH is 1. The van der Waals surface area contributed by atoms with Crippen molar-refractivity contribution < 1.29 is 32.3 Å². The summed E-state index contributed by atoms with van der Waals surface area (Å²) in [6.07, 6.45) is 1.44. The van der Waals surface area contributed by atoms with Gasteiger partial charge < -0.3 is 19.2 Å². The van der Waals surface area contributed by atoms with Crippen LogP contribution in [0.4, 0.5) is 0 Å². The molecule has 4 rings (SSSR count). The third-order valence-corrected chi connectivity index (χ3v) is 7.85. The summed E-state index contributed by atoms with van der Waals surface area (Å²) < 4.78 is 36.7. The van der Waals surface area contributed by atoms with Gasteiger partial charge >= 0.3 is 0 Å². The zero-order chi connectivity index (χ0) is 24.5. The highest BCUT2D eigenvalue weighted by Gasteiger charge is 2.47. The summed E-state index contributed by atoms with van der Waals surface area (Å²) in [5.74, 6) is -1.56. The van der Waals surface area contributed by atoms with Gasteiger partial charge in [0.05, 0.1) is 29.9 Å². The van der Waals surface area contributed by atoms with Crippen molar-refractivity contribution in [1.29, 1.82) is 0 Å². The third kappa shape index (κ3) is 4.51. The Morgan fingerprint density at radius 2 is 1.76 bits per heavy atom. The maximum absolute atomic E-state index is 13.0. The van der Waals surface area contributed by atoms with Crippen LogP contribution in [0.25, 0.3) is 5.76 Å². The van der Waals surface area contributed by atoms with Crippen LogP contribution in [-0.2, 0) is 24.3 Å². The van der Waals surface area contributed by atoms with E-state index >= 15 is 0 Å². The molecule has 2 aliphatic rings. The summed E-state index contributed by atoms with van der Waals surface area (Å²) in [7, 11) is -0.810. The van der Waals surface area contributed by atoms with Crippen molar-refractivity contribution in [2.75, 3.05) is 53.5 Å². The summed E-state index contributed by atoms with van der Waals surface area (Å²) in [6.45, 7) is 3.51. The number of ketones is 1. The monoisotopic (exact) mass is 489 g/mol. The van der Waals surface area contributed by atoms with E-state index in [9.17, 15) is 23.1 Å². The average Bonchev–Trinajstić information content (AvgIpc) is 3.45. The first-order valence-corrected chi connectivity index (χ1v) is 12.3. The topological polar surface area (TPSA) is 121 Å². The molecular weight excluding hydrogens is 462 g/mol. The van der Waals surface area contributed by atoms with Crippen LogP contribution in [0.15, 0.2) is 57.5 Å². The molecule has 0 radical (unpaired) electrons. The summed E-state index contributed by atoms with van der Waals surface area (Å²) in [5.41, 5.74) is 0.130. The van der Waals surface area contributed by atoms with Gasteiger partial charge in [0.2, 0.25) is 10.0 Å². The van der Waals surface area contributed by atoms with Crippen LogP contribution in [0.3, 0.4) is 0 Å².